The van der Waals surface area contributed by atoms with E-state index in [4.69, 9.17) is 9.84 Å². The highest BCUT2D eigenvalue weighted by atomic mass is 16.5. The third-order valence-electron chi connectivity index (χ3n) is 4.33. The zero-order valence-electron chi connectivity index (χ0n) is 18.3. The second-order valence-electron chi connectivity index (χ2n) is 8.44. The number of hydrogen-bond acceptors (Lipinski definition) is 2. The Morgan fingerprint density at radius 3 is 2.11 bits per heavy atom. The number of aliphatic carboxylic acids is 1. The highest BCUT2D eigenvalue weighted by Crippen LogP contribution is 2.10. The van der Waals surface area contributed by atoms with Gasteiger partial charge in [-0.15, -0.1) is 0 Å². The van der Waals surface area contributed by atoms with E-state index in [-0.39, 0.29) is 12.5 Å². The van der Waals surface area contributed by atoms with E-state index in [1.807, 2.05) is 0 Å². The summed E-state index contributed by atoms with van der Waals surface area (Å²) in [6, 6.07) is 0. The van der Waals surface area contributed by atoms with E-state index in [9.17, 15) is 4.79 Å². The lowest BCUT2D eigenvalue weighted by atomic mass is 10.1. The normalized spacial score (nSPS) is 13.6. The molecule has 4 nitrogen and oxygen atoms in total. The second kappa shape index (κ2) is 17.0. The van der Waals surface area contributed by atoms with Crippen molar-refractivity contribution in [3.05, 3.63) is 24.3 Å². The van der Waals surface area contributed by atoms with Crippen molar-refractivity contribution in [3.63, 3.8) is 0 Å². The first kappa shape index (κ1) is 25.9. The molecule has 0 aromatic rings. The number of ether oxygens (including phenoxy) is 1. The van der Waals surface area contributed by atoms with Gasteiger partial charge in [0, 0.05) is 6.61 Å². The molecule has 0 aliphatic heterocycles. The highest BCUT2D eigenvalue weighted by Gasteiger charge is 2.21. The Morgan fingerprint density at radius 2 is 1.52 bits per heavy atom. The van der Waals surface area contributed by atoms with Crippen molar-refractivity contribution in [2.75, 3.05) is 34.3 Å². The average molecular weight is 383 g/mol. The molecule has 0 saturated heterocycles. The number of carboxylic acid groups (broad SMARTS) is 1. The van der Waals surface area contributed by atoms with Gasteiger partial charge in [0.2, 0.25) is 0 Å². The van der Waals surface area contributed by atoms with Gasteiger partial charge in [-0.25, -0.2) is 0 Å². The first-order valence-corrected chi connectivity index (χ1v) is 10.8. The van der Waals surface area contributed by atoms with Crippen molar-refractivity contribution in [3.8, 4) is 0 Å². The van der Waals surface area contributed by atoms with Crippen LogP contribution in [0.25, 0.3) is 0 Å². The summed E-state index contributed by atoms with van der Waals surface area (Å²) in [7, 11) is 6.20. The molecule has 0 aliphatic rings. The SMILES string of the molecule is CCCC=CCC=CCCCCCCCCOC(CC(=O)O)C[N+](C)(C)C. The minimum atomic E-state index is -0.778. The van der Waals surface area contributed by atoms with E-state index >= 15 is 0 Å². The van der Waals surface area contributed by atoms with Crippen LogP contribution in [0.15, 0.2) is 24.3 Å². The van der Waals surface area contributed by atoms with Crippen LogP contribution < -0.4 is 0 Å². The van der Waals surface area contributed by atoms with Crippen LogP contribution in [0.2, 0.25) is 0 Å². The fourth-order valence-electron chi connectivity index (χ4n) is 2.98. The van der Waals surface area contributed by atoms with Gasteiger partial charge in [-0.1, -0.05) is 63.3 Å². The van der Waals surface area contributed by atoms with E-state index in [0.29, 0.717) is 6.61 Å². The molecule has 0 amide bonds. The van der Waals surface area contributed by atoms with Crippen LogP contribution in [-0.2, 0) is 9.53 Å². The number of nitrogens with zero attached hydrogens (tertiary/aromatic N) is 1. The summed E-state index contributed by atoms with van der Waals surface area (Å²) in [5.41, 5.74) is 0. The Labute approximate surface area is 167 Å². The van der Waals surface area contributed by atoms with Crippen LogP contribution in [0.4, 0.5) is 0 Å². The van der Waals surface area contributed by atoms with Gasteiger partial charge in [0.25, 0.3) is 0 Å². The molecule has 27 heavy (non-hydrogen) atoms. The number of likely N-dealkylation sites (N-methyl/N-ethyl adjacent to an activating group) is 1. The molecule has 158 valence electrons. The smallest absolute Gasteiger partial charge is 0.306 e. The number of allylic oxidation sites excluding steroid dienone is 4. The maximum atomic E-state index is 11.0. The number of rotatable bonds is 18. The zero-order chi connectivity index (χ0) is 20.4. The summed E-state index contributed by atoms with van der Waals surface area (Å²) < 4.78 is 6.55. The minimum Gasteiger partial charge on any atom is -0.481 e. The topological polar surface area (TPSA) is 46.5 Å². The van der Waals surface area contributed by atoms with Gasteiger partial charge in [0.15, 0.2) is 0 Å². The first-order valence-electron chi connectivity index (χ1n) is 10.8. The van der Waals surface area contributed by atoms with Gasteiger partial charge in [-0.3, -0.25) is 4.79 Å². The van der Waals surface area contributed by atoms with Gasteiger partial charge in [0.1, 0.15) is 12.6 Å². The molecule has 0 aromatic carbocycles. The standard InChI is InChI=1S/C23H43NO3/c1-5-6-7-8-9-10-11-12-13-14-15-16-17-18-19-27-22(20-23(25)26)21-24(2,3)4/h7-8,10-11,22H,5-6,9,12-21H2,1-4H3/p+1. The summed E-state index contributed by atoms with van der Waals surface area (Å²) in [5.74, 6) is -0.778. The van der Waals surface area contributed by atoms with E-state index in [2.05, 4.69) is 52.4 Å². The third-order valence-corrected chi connectivity index (χ3v) is 4.33. The van der Waals surface area contributed by atoms with Crippen LogP contribution in [-0.4, -0.2) is 56.0 Å². The van der Waals surface area contributed by atoms with Crippen molar-refractivity contribution in [2.24, 2.45) is 0 Å². The molecule has 0 radical (unpaired) electrons. The Kier molecular flexibility index (Phi) is 16.3. The highest BCUT2D eigenvalue weighted by molar-refractivity contribution is 5.67. The number of hydrogen-bond donors (Lipinski definition) is 1. The maximum absolute atomic E-state index is 11.0. The fourth-order valence-corrected chi connectivity index (χ4v) is 2.98. The lowest BCUT2D eigenvalue weighted by Crippen LogP contribution is -2.43. The first-order chi connectivity index (χ1) is 12.8. The molecule has 0 fully saturated rings. The number of unbranched alkanes of at least 4 members (excludes halogenated alkanes) is 7. The molecule has 1 unspecified atom stereocenters. The van der Waals surface area contributed by atoms with Crippen LogP contribution in [0.5, 0.6) is 0 Å². The van der Waals surface area contributed by atoms with Gasteiger partial charge >= 0.3 is 5.97 Å². The third kappa shape index (κ3) is 21.0. The average Bonchev–Trinajstić information content (AvgIpc) is 2.56. The van der Waals surface area contributed by atoms with Gasteiger partial charge in [-0.2, -0.15) is 0 Å². The molecule has 0 heterocycles. The van der Waals surface area contributed by atoms with Crippen LogP contribution >= 0.6 is 0 Å². The van der Waals surface area contributed by atoms with Gasteiger partial charge in [0.05, 0.1) is 27.6 Å². The Hall–Kier alpha value is -1.13. The number of carbonyl (C=O) groups is 1. The predicted octanol–water partition coefficient (Wildman–Crippen LogP) is 5.59. The minimum absolute atomic E-state index is 0.0947. The summed E-state index contributed by atoms with van der Waals surface area (Å²) in [6.07, 6.45) is 21.0. The molecule has 0 aromatic heterocycles. The van der Waals surface area contributed by atoms with Crippen molar-refractivity contribution in [1.29, 1.82) is 0 Å². The Balaban J connectivity index is 3.56. The Bertz CT molecular complexity index is 410. The largest absolute Gasteiger partial charge is 0.481 e. The van der Waals surface area contributed by atoms with E-state index < -0.39 is 5.97 Å². The molecular formula is C23H44NO3+. The van der Waals surface area contributed by atoms with Gasteiger partial charge in [-0.05, 0) is 32.1 Å². The number of carboxylic acids is 1. The monoisotopic (exact) mass is 382 g/mol. The second-order valence-corrected chi connectivity index (χ2v) is 8.44. The molecule has 4 heteroatoms. The maximum Gasteiger partial charge on any atom is 0.306 e. The van der Waals surface area contributed by atoms with E-state index in [1.165, 1.54) is 51.4 Å². The molecular weight excluding hydrogens is 338 g/mol. The van der Waals surface area contributed by atoms with Crippen molar-refractivity contribution in [1.82, 2.24) is 0 Å². The zero-order valence-corrected chi connectivity index (χ0v) is 18.3. The van der Waals surface area contributed by atoms with Crippen LogP contribution in [0.3, 0.4) is 0 Å². The lowest BCUT2D eigenvalue weighted by Gasteiger charge is -2.28. The van der Waals surface area contributed by atoms with Crippen LogP contribution in [0, 0.1) is 0 Å². The quantitative estimate of drug-likeness (QED) is 0.191. The number of quaternary nitrogens is 1. The Morgan fingerprint density at radius 1 is 0.926 bits per heavy atom. The van der Waals surface area contributed by atoms with Crippen molar-refractivity contribution in [2.45, 2.75) is 83.7 Å². The fraction of sp³-hybridized carbons (Fsp3) is 0.783. The van der Waals surface area contributed by atoms with Crippen molar-refractivity contribution >= 4 is 5.97 Å². The van der Waals surface area contributed by atoms with E-state index in [0.717, 1.165) is 23.9 Å². The molecule has 0 saturated carbocycles. The molecule has 0 aliphatic carbocycles. The summed E-state index contributed by atoms with van der Waals surface area (Å²) in [5, 5.41) is 9.01. The van der Waals surface area contributed by atoms with Crippen molar-refractivity contribution < 1.29 is 19.1 Å². The summed E-state index contributed by atoms with van der Waals surface area (Å²) in [4.78, 5) is 11.0. The van der Waals surface area contributed by atoms with Crippen LogP contribution in [0.1, 0.15) is 77.6 Å². The van der Waals surface area contributed by atoms with E-state index in [1.54, 1.807) is 0 Å². The molecule has 1 atom stereocenters. The summed E-state index contributed by atoms with van der Waals surface area (Å²) >= 11 is 0. The lowest BCUT2D eigenvalue weighted by molar-refractivity contribution is -0.873. The molecule has 0 rings (SSSR count). The molecule has 0 bridgehead atoms. The summed E-state index contributed by atoms with van der Waals surface area (Å²) in [6.45, 7) is 3.61. The molecule has 1 N–H and O–H groups in total. The van der Waals surface area contributed by atoms with Gasteiger partial charge < -0.3 is 14.3 Å². The molecule has 0 spiro atoms. The predicted molar refractivity (Wildman–Crippen MR) is 115 cm³/mol.